The van der Waals surface area contributed by atoms with E-state index in [1.807, 2.05) is 0 Å². The fourth-order valence-electron chi connectivity index (χ4n) is 1.43. The summed E-state index contributed by atoms with van der Waals surface area (Å²) < 4.78 is 26.6. The number of carboxylic acid groups (broad SMARTS) is 1. The third-order valence-electron chi connectivity index (χ3n) is 2.08. The highest BCUT2D eigenvalue weighted by molar-refractivity contribution is 7.90. The van der Waals surface area contributed by atoms with Crippen LogP contribution in [0.1, 0.15) is 17.3 Å². The third kappa shape index (κ3) is 1.65. The second-order valence-corrected chi connectivity index (χ2v) is 4.87. The van der Waals surface area contributed by atoms with Gasteiger partial charge in [0.25, 0.3) is 10.0 Å². The van der Waals surface area contributed by atoms with Crippen LogP contribution in [0, 0.1) is 0 Å². The van der Waals surface area contributed by atoms with Gasteiger partial charge in [-0.05, 0) is 25.1 Å². The monoisotopic (exact) mass is 240 g/mol. The Balaban J connectivity index is 2.65. The van der Waals surface area contributed by atoms with Gasteiger partial charge in [0.05, 0.1) is 11.3 Å². The normalized spacial score (nSPS) is 16.9. The Kier molecular flexibility index (Phi) is 2.20. The number of sulfonamides is 1. The second-order valence-electron chi connectivity index (χ2n) is 3.29. The van der Waals surface area contributed by atoms with Gasteiger partial charge in [-0.25, -0.2) is 4.79 Å². The molecule has 0 bridgehead atoms. The van der Waals surface area contributed by atoms with E-state index in [1.54, 1.807) is 0 Å². The van der Waals surface area contributed by atoms with Gasteiger partial charge in [-0.3, -0.25) is 0 Å². The molecule has 6 nitrogen and oxygen atoms in total. The molecule has 0 saturated heterocycles. The zero-order valence-electron chi connectivity index (χ0n) is 8.26. The van der Waals surface area contributed by atoms with Crippen molar-refractivity contribution >= 4 is 27.5 Å². The Morgan fingerprint density at radius 2 is 2.12 bits per heavy atom. The predicted molar refractivity (Wildman–Crippen MR) is 57.3 cm³/mol. The van der Waals surface area contributed by atoms with Crippen LogP contribution >= 0.6 is 0 Å². The lowest BCUT2D eigenvalue weighted by Gasteiger charge is -2.15. The number of hydrogen-bond acceptors (Lipinski definition) is 4. The Bertz CT molecular complexity index is 604. The van der Waals surface area contributed by atoms with Gasteiger partial charge < -0.3 is 10.4 Å². The zero-order valence-corrected chi connectivity index (χ0v) is 9.08. The van der Waals surface area contributed by atoms with Crippen LogP contribution in [-0.4, -0.2) is 25.3 Å². The number of nitrogens with one attached hydrogen (secondary N) is 1. The highest BCUT2D eigenvalue weighted by Crippen LogP contribution is 2.27. The maximum absolute atomic E-state index is 11.6. The maximum atomic E-state index is 11.6. The first-order valence-electron chi connectivity index (χ1n) is 4.36. The summed E-state index contributed by atoms with van der Waals surface area (Å²) in [6, 6.07) is 3.74. The molecule has 16 heavy (non-hydrogen) atoms. The molecule has 1 aliphatic rings. The first kappa shape index (κ1) is 10.6. The molecule has 7 heteroatoms. The predicted octanol–water partition coefficient (Wildman–Crippen LogP) is 0.917. The van der Waals surface area contributed by atoms with Crippen LogP contribution < -0.4 is 5.32 Å². The highest BCUT2D eigenvalue weighted by Gasteiger charge is 2.23. The van der Waals surface area contributed by atoms with Gasteiger partial charge in [0.1, 0.15) is 10.7 Å². The summed E-state index contributed by atoms with van der Waals surface area (Å²) in [5.74, 6) is -0.891. The summed E-state index contributed by atoms with van der Waals surface area (Å²) in [5, 5.41) is 11.5. The number of aromatic carboxylic acids is 1. The molecule has 1 aromatic carbocycles. The van der Waals surface area contributed by atoms with E-state index in [-0.39, 0.29) is 22.0 Å². The number of carboxylic acids is 1. The van der Waals surface area contributed by atoms with Gasteiger partial charge in [-0.15, -0.1) is 4.40 Å². The Morgan fingerprint density at radius 3 is 2.75 bits per heavy atom. The van der Waals surface area contributed by atoms with Gasteiger partial charge >= 0.3 is 5.97 Å². The summed E-state index contributed by atoms with van der Waals surface area (Å²) in [5.41, 5.74) is 0.267. The molecule has 0 saturated carbocycles. The quantitative estimate of drug-likeness (QED) is 0.760. The standard InChI is InChI=1S/C9H8N2O4S/c1-5-10-7-4-6(9(12)13)2-3-8(7)16(14,15)11-5/h2-4H,1H3,(H,10,11)(H,12,13). The van der Waals surface area contributed by atoms with Crippen molar-refractivity contribution in [3.8, 4) is 0 Å². The molecule has 0 amide bonds. The topological polar surface area (TPSA) is 95.8 Å². The lowest BCUT2D eigenvalue weighted by atomic mass is 10.2. The van der Waals surface area contributed by atoms with Crippen molar-refractivity contribution in [2.75, 3.05) is 5.32 Å². The van der Waals surface area contributed by atoms with E-state index in [4.69, 9.17) is 5.11 Å². The number of carbonyl (C=O) groups is 1. The molecule has 0 fully saturated rings. The maximum Gasteiger partial charge on any atom is 0.335 e. The minimum absolute atomic E-state index is 0.0110. The van der Waals surface area contributed by atoms with Crippen LogP contribution in [0.25, 0.3) is 0 Å². The molecule has 0 atom stereocenters. The average Bonchev–Trinajstić information content (AvgIpc) is 2.14. The van der Waals surface area contributed by atoms with Gasteiger partial charge in [0.2, 0.25) is 0 Å². The van der Waals surface area contributed by atoms with E-state index in [0.717, 1.165) is 0 Å². The van der Waals surface area contributed by atoms with E-state index < -0.39 is 16.0 Å². The lowest BCUT2D eigenvalue weighted by molar-refractivity contribution is 0.0697. The molecule has 2 rings (SSSR count). The molecule has 0 aliphatic carbocycles. The van der Waals surface area contributed by atoms with Crippen molar-refractivity contribution < 1.29 is 18.3 Å². The van der Waals surface area contributed by atoms with Crippen LogP contribution in [0.3, 0.4) is 0 Å². The number of nitrogens with zero attached hydrogens (tertiary/aromatic N) is 1. The molecule has 1 aliphatic heterocycles. The summed E-state index contributed by atoms with van der Waals surface area (Å²) in [6.45, 7) is 1.49. The number of hydrogen-bond donors (Lipinski definition) is 2. The van der Waals surface area contributed by atoms with Crippen molar-refractivity contribution in [3.05, 3.63) is 23.8 Å². The minimum Gasteiger partial charge on any atom is -0.478 e. The number of anilines is 1. The van der Waals surface area contributed by atoms with Crippen molar-refractivity contribution in [2.24, 2.45) is 4.40 Å². The molecule has 0 radical (unpaired) electrons. The molecule has 1 aromatic rings. The van der Waals surface area contributed by atoms with E-state index in [2.05, 4.69) is 9.71 Å². The fraction of sp³-hybridized carbons (Fsp3) is 0.111. The van der Waals surface area contributed by atoms with Crippen LogP contribution in [0.2, 0.25) is 0 Å². The number of rotatable bonds is 1. The summed E-state index contributed by atoms with van der Waals surface area (Å²) >= 11 is 0. The molecule has 84 valence electrons. The Morgan fingerprint density at radius 1 is 1.44 bits per heavy atom. The number of benzene rings is 1. The smallest absolute Gasteiger partial charge is 0.335 e. The van der Waals surface area contributed by atoms with E-state index in [9.17, 15) is 13.2 Å². The lowest BCUT2D eigenvalue weighted by Crippen LogP contribution is -2.19. The van der Waals surface area contributed by atoms with Gasteiger partial charge in [0, 0.05) is 0 Å². The molecule has 2 N–H and O–H groups in total. The molecule has 1 heterocycles. The molecule has 0 spiro atoms. The molecule has 0 unspecified atom stereocenters. The van der Waals surface area contributed by atoms with Crippen LogP contribution in [0.5, 0.6) is 0 Å². The Labute approximate surface area is 91.7 Å². The zero-order chi connectivity index (χ0) is 11.9. The summed E-state index contributed by atoms with van der Waals surface area (Å²) in [4.78, 5) is 10.7. The van der Waals surface area contributed by atoms with Gasteiger partial charge in [-0.1, -0.05) is 0 Å². The third-order valence-corrected chi connectivity index (χ3v) is 3.50. The molecule has 0 aromatic heterocycles. The summed E-state index contributed by atoms with van der Waals surface area (Å²) in [7, 11) is -3.70. The van der Waals surface area contributed by atoms with Gasteiger partial charge in [0.15, 0.2) is 0 Å². The molecular weight excluding hydrogens is 232 g/mol. The molecular formula is C9H8N2O4S. The first-order chi connectivity index (χ1) is 7.40. The van der Waals surface area contributed by atoms with Crippen molar-refractivity contribution in [2.45, 2.75) is 11.8 Å². The van der Waals surface area contributed by atoms with E-state index >= 15 is 0 Å². The van der Waals surface area contributed by atoms with E-state index in [0.29, 0.717) is 0 Å². The summed E-state index contributed by atoms with van der Waals surface area (Å²) in [6.07, 6.45) is 0. The number of fused-ring (bicyclic) bond motifs is 1. The Hall–Kier alpha value is -1.89. The average molecular weight is 240 g/mol. The van der Waals surface area contributed by atoms with Gasteiger partial charge in [-0.2, -0.15) is 8.42 Å². The SMILES string of the molecule is CC1=NS(=O)(=O)c2ccc(C(=O)O)cc2N1. The number of amidine groups is 1. The first-order valence-corrected chi connectivity index (χ1v) is 5.80. The van der Waals surface area contributed by atoms with Crippen molar-refractivity contribution in [1.29, 1.82) is 0 Å². The van der Waals surface area contributed by atoms with Crippen LogP contribution in [-0.2, 0) is 10.0 Å². The second kappa shape index (κ2) is 3.31. The fourth-order valence-corrected chi connectivity index (χ4v) is 2.57. The van der Waals surface area contributed by atoms with Crippen molar-refractivity contribution in [1.82, 2.24) is 0 Å². The van der Waals surface area contributed by atoms with Crippen LogP contribution in [0.4, 0.5) is 5.69 Å². The van der Waals surface area contributed by atoms with E-state index in [1.165, 1.54) is 25.1 Å². The van der Waals surface area contributed by atoms with Crippen molar-refractivity contribution in [3.63, 3.8) is 0 Å². The highest BCUT2D eigenvalue weighted by atomic mass is 32.2. The van der Waals surface area contributed by atoms with Crippen LogP contribution in [0.15, 0.2) is 27.5 Å². The largest absolute Gasteiger partial charge is 0.478 e. The minimum atomic E-state index is -3.70.